The Labute approximate surface area is 98.1 Å². The van der Waals surface area contributed by atoms with E-state index in [1.165, 1.54) is 0 Å². The minimum atomic E-state index is 0.137. The number of hydrogen-bond acceptors (Lipinski definition) is 3. The Balaban J connectivity index is 2.32. The molecule has 1 saturated heterocycles. The predicted molar refractivity (Wildman–Crippen MR) is 64.0 cm³/mol. The molecule has 0 bridgehead atoms. The van der Waals surface area contributed by atoms with Crippen LogP contribution in [0.15, 0.2) is 0 Å². The first-order chi connectivity index (χ1) is 7.54. The van der Waals surface area contributed by atoms with Gasteiger partial charge < -0.3 is 15.4 Å². The van der Waals surface area contributed by atoms with Crippen LogP contribution in [0, 0.1) is 5.92 Å². The third-order valence-corrected chi connectivity index (χ3v) is 3.54. The molecule has 1 aliphatic rings. The average molecular weight is 228 g/mol. The van der Waals surface area contributed by atoms with Crippen molar-refractivity contribution in [3.8, 4) is 0 Å². The topological polar surface area (TPSA) is 55.6 Å². The Hall–Kier alpha value is -0.610. The van der Waals surface area contributed by atoms with Gasteiger partial charge in [0.2, 0.25) is 5.91 Å². The summed E-state index contributed by atoms with van der Waals surface area (Å²) in [6.07, 6.45) is 2.53. The van der Waals surface area contributed by atoms with Gasteiger partial charge in [-0.05, 0) is 25.7 Å². The highest BCUT2D eigenvalue weighted by molar-refractivity contribution is 5.76. The van der Waals surface area contributed by atoms with Gasteiger partial charge in [-0.25, -0.2) is 0 Å². The molecule has 1 fully saturated rings. The van der Waals surface area contributed by atoms with E-state index < -0.39 is 0 Å². The summed E-state index contributed by atoms with van der Waals surface area (Å²) in [6, 6.07) is 0.137. The molecule has 0 spiro atoms. The summed E-state index contributed by atoms with van der Waals surface area (Å²) >= 11 is 0. The van der Waals surface area contributed by atoms with Crippen molar-refractivity contribution in [3.63, 3.8) is 0 Å². The molecule has 1 heterocycles. The second-order valence-corrected chi connectivity index (χ2v) is 4.85. The lowest BCUT2D eigenvalue weighted by Gasteiger charge is -2.35. The van der Waals surface area contributed by atoms with E-state index in [-0.39, 0.29) is 18.1 Å². The first-order valence-corrected chi connectivity index (χ1v) is 6.10. The zero-order valence-corrected chi connectivity index (χ0v) is 10.6. The molecule has 0 saturated carbocycles. The van der Waals surface area contributed by atoms with Crippen LogP contribution in [0.4, 0.5) is 0 Å². The molecule has 0 aromatic heterocycles. The first kappa shape index (κ1) is 13.5. The van der Waals surface area contributed by atoms with Crippen molar-refractivity contribution < 1.29 is 9.53 Å². The van der Waals surface area contributed by atoms with Gasteiger partial charge >= 0.3 is 0 Å². The fourth-order valence-electron chi connectivity index (χ4n) is 1.93. The maximum absolute atomic E-state index is 11.9. The maximum Gasteiger partial charge on any atom is 0.222 e. The number of hydrogen-bond donors (Lipinski definition) is 1. The molecule has 2 N–H and O–H groups in total. The number of carbonyl (C=O) groups is 1. The van der Waals surface area contributed by atoms with Crippen molar-refractivity contribution in [1.82, 2.24) is 4.90 Å². The number of carbonyl (C=O) groups excluding carboxylic acids is 1. The third kappa shape index (κ3) is 3.76. The van der Waals surface area contributed by atoms with Crippen LogP contribution in [0.1, 0.15) is 33.1 Å². The highest BCUT2D eigenvalue weighted by Crippen LogP contribution is 2.16. The molecule has 0 radical (unpaired) electrons. The van der Waals surface area contributed by atoms with Crippen LogP contribution < -0.4 is 5.73 Å². The highest BCUT2D eigenvalue weighted by Gasteiger charge is 2.25. The first-order valence-electron chi connectivity index (χ1n) is 6.10. The molecule has 4 nitrogen and oxygen atoms in total. The van der Waals surface area contributed by atoms with Gasteiger partial charge in [0.15, 0.2) is 0 Å². The summed E-state index contributed by atoms with van der Waals surface area (Å²) in [5.41, 5.74) is 5.97. The molecule has 1 aliphatic heterocycles. The van der Waals surface area contributed by atoms with E-state index in [2.05, 4.69) is 6.92 Å². The van der Waals surface area contributed by atoms with Crippen LogP contribution in [-0.2, 0) is 9.53 Å². The van der Waals surface area contributed by atoms with E-state index in [0.717, 1.165) is 19.4 Å². The highest BCUT2D eigenvalue weighted by atomic mass is 16.5. The zero-order chi connectivity index (χ0) is 12.1. The molecular weight excluding hydrogens is 204 g/mol. The SMILES string of the molecule is COC(C)CCC(=O)N1CCC(C)C(N)C1. The molecular formula is C12H24N2O2. The number of rotatable bonds is 4. The standard InChI is InChI=1S/C12H24N2O2/c1-9-6-7-14(8-11(9)13)12(15)5-4-10(2)16-3/h9-11H,4-8,13H2,1-3H3. The number of nitrogens with two attached hydrogens (primary N) is 1. The Morgan fingerprint density at radius 2 is 2.31 bits per heavy atom. The van der Waals surface area contributed by atoms with Crippen molar-refractivity contribution in [1.29, 1.82) is 0 Å². The van der Waals surface area contributed by atoms with Gasteiger partial charge in [-0.15, -0.1) is 0 Å². The number of methoxy groups -OCH3 is 1. The van der Waals surface area contributed by atoms with E-state index in [4.69, 9.17) is 10.5 Å². The number of ether oxygens (including phenoxy) is 1. The number of piperidine rings is 1. The second kappa shape index (κ2) is 6.21. The van der Waals surface area contributed by atoms with Crippen LogP contribution in [-0.4, -0.2) is 43.2 Å². The Bertz CT molecular complexity index is 233. The Morgan fingerprint density at radius 1 is 1.62 bits per heavy atom. The maximum atomic E-state index is 11.9. The zero-order valence-electron chi connectivity index (χ0n) is 10.6. The summed E-state index contributed by atoms with van der Waals surface area (Å²) in [6.45, 7) is 5.70. The average Bonchev–Trinajstić information content (AvgIpc) is 2.29. The van der Waals surface area contributed by atoms with Gasteiger partial charge in [-0.2, -0.15) is 0 Å². The minimum absolute atomic E-state index is 0.137. The van der Waals surface area contributed by atoms with E-state index in [1.807, 2.05) is 11.8 Å². The van der Waals surface area contributed by atoms with Crippen LogP contribution >= 0.6 is 0 Å². The summed E-state index contributed by atoms with van der Waals surface area (Å²) < 4.78 is 5.13. The summed E-state index contributed by atoms with van der Waals surface area (Å²) in [5, 5.41) is 0. The lowest BCUT2D eigenvalue weighted by atomic mass is 9.94. The van der Waals surface area contributed by atoms with E-state index in [0.29, 0.717) is 18.9 Å². The van der Waals surface area contributed by atoms with Gasteiger partial charge in [-0.1, -0.05) is 6.92 Å². The smallest absolute Gasteiger partial charge is 0.222 e. The van der Waals surface area contributed by atoms with Gasteiger partial charge in [0.1, 0.15) is 0 Å². The largest absolute Gasteiger partial charge is 0.382 e. The number of likely N-dealkylation sites (tertiary alicyclic amines) is 1. The van der Waals surface area contributed by atoms with Crippen LogP contribution in [0.5, 0.6) is 0 Å². The monoisotopic (exact) mass is 228 g/mol. The molecule has 1 amide bonds. The fourth-order valence-corrected chi connectivity index (χ4v) is 1.93. The van der Waals surface area contributed by atoms with Crippen LogP contribution in [0.25, 0.3) is 0 Å². The van der Waals surface area contributed by atoms with Crippen molar-refractivity contribution in [3.05, 3.63) is 0 Å². The lowest BCUT2D eigenvalue weighted by molar-refractivity contribution is -0.133. The van der Waals surface area contributed by atoms with Crippen LogP contribution in [0.2, 0.25) is 0 Å². The van der Waals surface area contributed by atoms with Gasteiger partial charge in [0.05, 0.1) is 6.10 Å². The van der Waals surface area contributed by atoms with Crippen molar-refractivity contribution in [2.75, 3.05) is 20.2 Å². The van der Waals surface area contributed by atoms with Gasteiger partial charge in [0, 0.05) is 32.7 Å². The quantitative estimate of drug-likeness (QED) is 0.781. The molecule has 1 rings (SSSR count). The van der Waals surface area contributed by atoms with Gasteiger partial charge in [0.25, 0.3) is 0 Å². The van der Waals surface area contributed by atoms with Crippen molar-refractivity contribution in [2.24, 2.45) is 11.7 Å². The summed E-state index contributed by atoms with van der Waals surface area (Å²) in [7, 11) is 1.67. The molecule has 0 aromatic carbocycles. The summed E-state index contributed by atoms with van der Waals surface area (Å²) in [4.78, 5) is 13.8. The molecule has 94 valence electrons. The van der Waals surface area contributed by atoms with E-state index in [1.54, 1.807) is 7.11 Å². The minimum Gasteiger partial charge on any atom is -0.382 e. The molecule has 0 aliphatic carbocycles. The summed E-state index contributed by atoms with van der Waals surface area (Å²) in [5.74, 6) is 0.744. The second-order valence-electron chi connectivity index (χ2n) is 4.85. The number of amides is 1. The Morgan fingerprint density at radius 3 is 2.88 bits per heavy atom. The van der Waals surface area contributed by atoms with E-state index >= 15 is 0 Å². The number of nitrogens with zero attached hydrogens (tertiary/aromatic N) is 1. The molecule has 4 heteroatoms. The molecule has 3 unspecified atom stereocenters. The van der Waals surface area contributed by atoms with Crippen LogP contribution in [0.3, 0.4) is 0 Å². The fraction of sp³-hybridized carbons (Fsp3) is 0.917. The van der Waals surface area contributed by atoms with Crippen molar-refractivity contribution in [2.45, 2.75) is 45.3 Å². The lowest BCUT2D eigenvalue weighted by Crippen LogP contribution is -2.49. The molecule has 3 atom stereocenters. The van der Waals surface area contributed by atoms with Crippen molar-refractivity contribution >= 4 is 5.91 Å². The normalized spacial score (nSPS) is 27.9. The molecule has 0 aromatic rings. The Kier molecular flexibility index (Phi) is 5.22. The van der Waals surface area contributed by atoms with Gasteiger partial charge in [-0.3, -0.25) is 4.79 Å². The third-order valence-electron chi connectivity index (χ3n) is 3.54. The molecule has 16 heavy (non-hydrogen) atoms. The van der Waals surface area contributed by atoms with E-state index in [9.17, 15) is 4.79 Å². The predicted octanol–water partition coefficient (Wildman–Crippen LogP) is 0.997.